The minimum Gasteiger partial charge on any atom is -0.352 e. The molecule has 2 aromatic rings. The van der Waals surface area contributed by atoms with Crippen LogP contribution in [0.1, 0.15) is 0 Å². The number of carbonyl (C=O) groups is 1. The monoisotopic (exact) mass is 323 g/mol. The molecule has 0 saturated carbocycles. The minimum atomic E-state index is -0.123. The summed E-state index contributed by atoms with van der Waals surface area (Å²) in [6.07, 6.45) is 1.61. The van der Waals surface area contributed by atoms with Crippen molar-refractivity contribution in [3.05, 3.63) is 41.9 Å². The summed E-state index contributed by atoms with van der Waals surface area (Å²) in [5, 5.41) is 11.7. The first-order chi connectivity index (χ1) is 10.1. The molecule has 1 aromatic carbocycles. The van der Waals surface area contributed by atoms with Gasteiger partial charge in [0.1, 0.15) is 0 Å². The van der Waals surface area contributed by atoms with Crippen molar-refractivity contribution in [2.24, 2.45) is 0 Å². The Morgan fingerprint density at radius 3 is 2.95 bits per heavy atom. The number of aromatic nitrogens is 3. The molecule has 1 heterocycles. The molecule has 21 heavy (non-hydrogen) atoms. The van der Waals surface area contributed by atoms with Crippen molar-refractivity contribution in [2.75, 3.05) is 18.1 Å². The van der Waals surface area contributed by atoms with Gasteiger partial charge in [-0.15, -0.1) is 16.8 Å². The fraction of sp³-hybridized carbons (Fsp3) is 0.154. The summed E-state index contributed by atoms with van der Waals surface area (Å²) < 4.78 is 1.33. The Kier molecular flexibility index (Phi) is 5.24. The molecule has 0 unspecified atom stereocenters. The molecule has 0 radical (unpaired) electrons. The number of nitrogens with two attached hydrogens (primary N) is 1. The average molecular weight is 324 g/mol. The number of benzene rings is 1. The fourth-order valence-electron chi connectivity index (χ4n) is 1.57. The summed E-state index contributed by atoms with van der Waals surface area (Å²) in [7, 11) is 0. The predicted molar refractivity (Wildman–Crippen MR) is 84.5 cm³/mol. The lowest BCUT2D eigenvalue weighted by Crippen LogP contribution is -2.25. The van der Waals surface area contributed by atoms with Crippen LogP contribution in [0, 0.1) is 0 Å². The van der Waals surface area contributed by atoms with E-state index in [0.717, 1.165) is 0 Å². The Labute approximate surface area is 131 Å². The zero-order valence-corrected chi connectivity index (χ0v) is 12.7. The standard InChI is InChI=1S/C13H14ClN5OS/c1-2-7-16-11(20)8-21-13-18-17-12(19(13)15)9-5-3-4-6-10(9)14/h2-6H,1,7-8,15H2,(H,16,20). The smallest absolute Gasteiger partial charge is 0.230 e. The van der Waals surface area contributed by atoms with Crippen LogP contribution in [-0.4, -0.2) is 33.1 Å². The quantitative estimate of drug-likeness (QED) is 0.480. The highest BCUT2D eigenvalue weighted by atomic mass is 35.5. The van der Waals surface area contributed by atoms with Gasteiger partial charge in [0.15, 0.2) is 5.82 Å². The van der Waals surface area contributed by atoms with Crippen LogP contribution in [0.2, 0.25) is 5.02 Å². The van der Waals surface area contributed by atoms with E-state index in [4.69, 9.17) is 17.4 Å². The van der Waals surface area contributed by atoms with Crippen molar-refractivity contribution in [1.82, 2.24) is 20.2 Å². The Bertz CT molecular complexity index is 658. The number of halogens is 1. The molecule has 0 aliphatic heterocycles. The lowest BCUT2D eigenvalue weighted by molar-refractivity contribution is -0.118. The third-order valence-corrected chi connectivity index (χ3v) is 3.83. The van der Waals surface area contributed by atoms with Gasteiger partial charge in [-0.25, -0.2) is 4.68 Å². The van der Waals surface area contributed by atoms with Gasteiger partial charge in [-0.2, -0.15) is 0 Å². The highest BCUT2D eigenvalue weighted by Gasteiger charge is 2.15. The van der Waals surface area contributed by atoms with Gasteiger partial charge in [0.25, 0.3) is 0 Å². The van der Waals surface area contributed by atoms with E-state index >= 15 is 0 Å². The Balaban J connectivity index is 2.09. The average Bonchev–Trinajstić information content (AvgIpc) is 2.84. The molecule has 0 atom stereocenters. The molecule has 0 bridgehead atoms. The molecule has 6 nitrogen and oxygen atoms in total. The summed E-state index contributed by atoms with van der Waals surface area (Å²) in [6, 6.07) is 7.22. The number of rotatable bonds is 6. The van der Waals surface area contributed by atoms with Crippen molar-refractivity contribution in [3.8, 4) is 11.4 Å². The molecular weight excluding hydrogens is 310 g/mol. The largest absolute Gasteiger partial charge is 0.352 e. The lowest BCUT2D eigenvalue weighted by atomic mass is 10.2. The maximum Gasteiger partial charge on any atom is 0.230 e. The molecule has 0 spiro atoms. The van der Waals surface area contributed by atoms with Gasteiger partial charge in [-0.1, -0.05) is 41.6 Å². The second-order valence-corrected chi connectivity index (χ2v) is 5.39. The molecule has 2 rings (SSSR count). The molecule has 110 valence electrons. The molecule has 0 fully saturated rings. The summed E-state index contributed by atoms with van der Waals surface area (Å²) in [5.41, 5.74) is 0.692. The van der Waals surface area contributed by atoms with Gasteiger partial charge in [0.05, 0.1) is 10.8 Å². The van der Waals surface area contributed by atoms with Crippen LogP contribution in [0.15, 0.2) is 42.1 Å². The topological polar surface area (TPSA) is 85.8 Å². The van der Waals surface area contributed by atoms with Crippen molar-refractivity contribution in [1.29, 1.82) is 0 Å². The number of thioether (sulfide) groups is 1. The van der Waals surface area contributed by atoms with Crippen LogP contribution in [-0.2, 0) is 4.79 Å². The maximum atomic E-state index is 11.5. The molecule has 1 amide bonds. The first kappa shape index (κ1) is 15.4. The molecule has 0 aliphatic carbocycles. The van der Waals surface area contributed by atoms with Gasteiger partial charge in [0.2, 0.25) is 11.1 Å². The van der Waals surface area contributed by atoms with E-state index in [2.05, 4.69) is 22.1 Å². The van der Waals surface area contributed by atoms with Gasteiger partial charge < -0.3 is 11.2 Å². The molecule has 0 aliphatic rings. The van der Waals surface area contributed by atoms with Gasteiger partial charge in [-0.3, -0.25) is 4.79 Å². The second-order valence-electron chi connectivity index (χ2n) is 4.04. The van der Waals surface area contributed by atoms with E-state index in [-0.39, 0.29) is 11.7 Å². The van der Waals surface area contributed by atoms with E-state index in [1.165, 1.54) is 16.4 Å². The maximum absolute atomic E-state index is 11.5. The van der Waals surface area contributed by atoms with E-state index in [9.17, 15) is 4.79 Å². The lowest BCUT2D eigenvalue weighted by Gasteiger charge is -2.05. The van der Waals surface area contributed by atoms with E-state index in [1.807, 2.05) is 12.1 Å². The Morgan fingerprint density at radius 2 is 2.24 bits per heavy atom. The van der Waals surface area contributed by atoms with Crippen LogP contribution < -0.4 is 11.2 Å². The van der Waals surface area contributed by atoms with Crippen molar-refractivity contribution < 1.29 is 4.79 Å². The van der Waals surface area contributed by atoms with Gasteiger partial charge in [0, 0.05) is 12.1 Å². The van der Waals surface area contributed by atoms with Crippen LogP contribution in [0.25, 0.3) is 11.4 Å². The summed E-state index contributed by atoms with van der Waals surface area (Å²) >= 11 is 7.31. The molecular formula is C13H14ClN5OS. The highest BCUT2D eigenvalue weighted by molar-refractivity contribution is 7.99. The molecule has 8 heteroatoms. The van der Waals surface area contributed by atoms with Crippen LogP contribution in [0.3, 0.4) is 0 Å². The zero-order chi connectivity index (χ0) is 15.2. The highest BCUT2D eigenvalue weighted by Crippen LogP contribution is 2.27. The van der Waals surface area contributed by atoms with Crippen molar-refractivity contribution in [3.63, 3.8) is 0 Å². The van der Waals surface area contributed by atoms with Crippen LogP contribution >= 0.6 is 23.4 Å². The summed E-state index contributed by atoms with van der Waals surface area (Å²) in [5.74, 6) is 6.49. The molecule has 3 N–H and O–H groups in total. The number of nitrogens with one attached hydrogen (secondary N) is 1. The van der Waals surface area contributed by atoms with E-state index in [1.54, 1.807) is 18.2 Å². The Hall–Kier alpha value is -1.99. The summed E-state index contributed by atoms with van der Waals surface area (Å²) in [4.78, 5) is 11.5. The molecule has 1 aromatic heterocycles. The van der Waals surface area contributed by atoms with Gasteiger partial charge >= 0.3 is 0 Å². The zero-order valence-electron chi connectivity index (χ0n) is 11.1. The third-order valence-electron chi connectivity index (χ3n) is 2.56. The second kappa shape index (κ2) is 7.14. The normalized spacial score (nSPS) is 10.3. The minimum absolute atomic E-state index is 0.123. The number of nitrogen functional groups attached to an aromatic ring is 1. The van der Waals surface area contributed by atoms with Crippen molar-refractivity contribution >= 4 is 29.3 Å². The number of nitrogens with zero attached hydrogens (tertiary/aromatic N) is 3. The van der Waals surface area contributed by atoms with Gasteiger partial charge in [-0.05, 0) is 12.1 Å². The Morgan fingerprint density at radius 1 is 1.48 bits per heavy atom. The van der Waals surface area contributed by atoms with E-state index < -0.39 is 0 Å². The fourth-order valence-corrected chi connectivity index (χ4v) is 2.48. The first-order valence-corrected chi connectivity index (χ1v) is 7.45. The van der Waals surface area contributed by atoms with Crippen LogP contribution in [0.5, 0.6) is 0 Å². The number of carbonyl (C=O) groups excluding carboxylic acids is 1. The predicted octanol–water partition coefficient (Wildman–Crippen LogP) is 1.71. The molecule has 0 saturated heterocycles. The third kappa shape index (κ3) is 3.77. The van der Waals surface area contributed by atoms with Crippen LogP contribution in [0.4, 0.5) is 0 Å². The number of hydrogen-bond acceptors (Lipinski definition) is 5. The summed E-state index contributed by atoms with van der Waals surface area (Å²) in [6.45, 7) is 3.96. The number of hydrogen-bond donors (Lipinski definition) is 2. The SMILES string of the molecule is C=CCNC(=O)CSc1nnc(-c2ccccc2Cl)n1N. The number of amides is 1. The van der Waals surface area contributed by atoms with Crippen molar-refractivity contribution in [2.45, 2.75) is 5.16 Å². The van der Waals surface area contributed by atoms with E-state index in [0.29, 0.717) is 28.1 Å². The first-order valence-electron chi connectivity index (χ1n) is 6.09.